The van der Waals surface area contributed by atoms with Crippen LogP contribution in [0, 0.1) is 0 Å². The van der Waals surface area contributed by atoms with Crippen molar-refractivity contribution in [1.29, 1.82) is 0 Å². The van der Waals surface area contributed by atoms with E-state index in [1.54, 1.807) is 18.3 Å². The highest BCUT2D eigenvalue weighted by Crippen LogP contribution is 2.34. The summed E-state index contributed by atoms with van der Waals surface area (Å²) in [5.74, 6) is -0.148. The van der Waals surface area contributed by atoms with Gasteiger partial charge >= 0.3 is 0 Å². The van der Waals surface area contributed by atoms with Gasteiger partial charge < -0.3 is 10.2 Å². The molecule has 0 saturated heterocycles. The standard InChI is InChI=1S/C27H22N2O/c30-27(23-15-7-2-8-16-23)28-21-26(22-13-5-1-6-14-22)29(24-17-9-3-10-18-24)25-19-11-4-12-20-25/h1-21H,(H,28,30)/b26-21-. The molecular formula is C27H22N2O. The van der Waals surface area contributed by atoms with E-state index < -0.39 is 0 Å². The van der Waals surface area contributed by atoms with Crippen LogP contribution in [0.5, 0.6) is 0 Å². The molecule has 0 aliphatic heterocycles. The first-order valence-electron chi connectivity index (χ1n) is 9.85. The quantitative estimate of drug-likeness (QED) is 0.422. The number of nitrogens with one attached hydrogen (secondary N) is 1. The molecule has 0 heterocycles. The van der Waals surface area contributed by atoms with E-state index in [0.717, 1.165) is 22.6 Å². The lowest BCUT2D eigenvalue weighted by Gasteiger charge is -2.28. The molecule has 3 heteroatoms. The maximum atomic E-state index is 12.7. The van der Waals surface area contributed by atoms with Crippen LogP contribution in [0.4, 0.5) is 11.4 Å². The highest BCUT2D eigenvalue weighted by Gasteiger charge is 2.17. The molecule has 4 rings (SSSR count). The number of amides is 1. The third-order valence-corrected chi connectivity index (χ3v) is 4.72. The Morgan fingerprint density at radius 3 is 1.43 bits per heavy atom. The Bertz CT molecular complexity index is 1070. The van der Waals surface area contributed by atoms with E-state index in [9.17, 15) is 4.79 Å². The van der Waals surface area contributed by atoms with Crippen molar-refractivity contribution in [2.45, 2.75) is 0 Å². The van der Waals surface area contributed by atoms with Crippen LogP contribution in [0.2, 0.25) is 0 Å². The van der Waals surface area contributed by atoms with Crippen molar-refractivity contribution in [3.05, 3.63) is 139 Å². The van der Waals surface area contributed by atoms with Gasteiger partial charge in [-0.3, -0.25) is 4.79 Å². The first kappa shape index (κ1) is 19.2. The number of anilines is 2. The minimum absolute atomic E-state index is 0.148. The summed E-state index contributed by atoms with van der Waals surface area (Å²) in [5, 5.41) is 2.97. The first-order valence-corrected chi connectivity index (χ1v) is 9.85. The van der Waals surface area contributed by atoms with Crippen molar-refractivity contribution in [3.63, 3.8) is 0 Å². The molecule has 0 fully saturated rings. The van der Waals surface area contributed by atoms with Crippen molar-refractivity contribution < 1.29 is 4.79 Å². The van der Waals surface area contributed by atoms with Gasteiger partial charge in [0.15, 0.2) is 0 Å². The number of hydrogen-bond acceptors (Lipinski definition) is 2. The zero-order chi connectivity index (χ0) is 20.6. The highest BCUT2D eigenvalue weighted by atomic mass is 16.1. The van der Waals surface area contributed by atoms with Gasteiger partial charge in [0.05, 0.1) is 5.70 Å². The highest BCUT2D eigenvalue weighted by molar-refractivity contribution is 5.96. The first-order chi connectivity index (χ1) is 14.8. The lowest BCUT2D eigenvalue weighted by molar-refractivity contribution is 0.0970. The minimum Gasteiger partial charge on any atom is -0.326 e. The lowest BCUT2D eigenvalue weighted by atomic mass is 10.1. The Morgan fingerprint density at radius 2 is 0.967 bits per heavy atom. The third-order valence-electron chi connectivity index (χ3n) is 4.72. The van der Waals surface area contributed by atoms with Crippen LogP contribution in [0.15, 0.2) is 128 Å². The molecule has 0 saturated carbocycles. The second-order valence-corrected chi connectivity index (χ2v) is 6.74. The Morgan fingerprint density at radius 1 is 0.567 bits per heavy atom. The van der Waals surface area contributed by atoms with Gasteiger partial charge in [-0.05, 0) is 42.0 Å². The third kappa shape index (κ3) is 4.47. The monoisotopic (exact) mass is 390 g/mol. The predicted molar refractivity (Wildman–Crippen MR) is 123 cm³/mol. The number of carbonyl (C=O) groups is 1. The number of hydrogen-bond donors (Lipinski definition) is 1. The van der Waals surface area contributed by atoms with Crippen LogP contribution in [-0.2, 0) is 0 Å². The molecule has 1 amide bonds. The van der Waals surface area contributed by atoms with E-state index in [0.29, 0.717) is 5.56 Å². The Hall–Kier alpha value is -4.11. The molecule has 146 valence electrons. The van der Waals surface area contributed by atoms with Gasteiger partial charge in [-0.2, -0.15) is 0 Å². The molecular weight excluding hydrogens is 368 g/mol. The fourth-order valence-corrected chi connectivity index (χ4v) is 3.27. The summed E-state index contributed by atoms with van der Waals surface area (Å²) >= 11 is 0. The van der Waals surface area contributed by atoms with Crippen molar-refractivity contribution in [1.82, 2.24) is 5.32 Å². The van der Waals surface area contributed by atoms with Gasteiger partial charge in [0.2, 0.25) is 0 Å². The fraction of sp³-hybridized carbons (Fsp3) is 0. The topological polar surface area (TPSA) is 32.3 Å². The van der Waals surface area contributed by atoms with Crippen molar-refractivity contribution in [2.24, 2.45) is 0 Å². The molecule has 0 spiro atoms. The molecule has 0 bridgehead atoms. The summed E-state index contributed by atoms with van der Waals surface area (Å²) in [4.78, 5) is 14.8. The van der Waals surface area contributed by atoms with E-state index in [2.05, 4.69) is 34.5 Å². The Labute approximate surface area is 176 Å². The van der Waals surface area contributed by atoms with Crippen LogP contribution < -0.4 is 10.2 Å². The summed E-state index contributed by atoms with van der Waals surface area (Å²) in [5.41, 5.74) is 4.50. The van der Waals surface area contributed by atoms with Gasteiger partial charge in [-0.15, -0.1) is 0 Å². The van der Waals surface area contributed by atoms with Crippen molar-refractivity contribution >= 4 is 23.0 Å². The van der Waals surface area contributed by atoms with Crippen LogP contribution in [0.1, 0.15) is 15.9 Å². The van der Waals surface area contributed by atoms with E-state index >= 15 is 0 Å². The van der Waals surface area contributed by atoms with Gasteiger partial charge in [0.25, 0.3) is 5.91 Å². The fourth-order valence-electron chi connectivity index (χ4n) is 3.27. The minimum atomic E-state index is -0.148. The lowest BCUT2D eigenvalue weighted by Crippen LogP contribution is -2.22. The summed E-state index contributed by atoms with van der Waals surface area (Å²) in [6, 6.07) is 39.5. The molecule has 0 atom stereocenters. The molecule has 4 aromatic rings. The van der Waals surface area contributed by atoms with Gasteiger partial charge in [-0.25, -0.2) is 0 Å². The molecule has 30 heavy (non-hydrogen) atoms. The average Bonchev–Trinajstić information content (AvgIpc) is 2.84. The van der Waals surface area contributed by atoms with E-state index in [1.807, 2.05) is 84.9 Å². The van der Waals surface area contributed by atoms with Crippen LogP contribution in [0.25, 0.3) is 5.70 Å². The van der Waals surface area contributed by atoms with Crippen molar-refractivity contribution in [3.8, 4) is 0 Å². The molecule has 0 aliphatic rings. The number of nitrogens with zero attached hydrogens (tertiary/aromatic N) is 1. The zero-order valence-corrected chi connectivity index (χ0v) is 16.5. The molecule has 3 nitrogen and oxygen atoms in total. The van der Waals surface area contributed by atoms with Crippen LogP contribution in [0.3, 0.4) is 0 Å². The smallest absolute Gasteiger partial charge is 0.255 e. The predicted octanol–water partition coefficient (Wildman–Crippen LogP) is 6.25. The van der Waals surface area contributed by atoms with Gasteiger partial charge in [-0.1, -0.05) is 84.9 Å². The van der Waals surface area contributed by atoms with E-state index in [1.165, 1.54) is 0 Å². The van der Waals surface area contributed by atoms with Crippen LogP contribution >= 0.6 is 0 Å². The number of para-hydroxylation sites is 2. The molecule has 1 N–H and O–H groups in total. The molecule has 0 aliphatic carbocycles. The largest absolute Gasteiger partial charge is 0.326 e. The van der Waals surface area contributed by atoms with Gasteiger partial charge in [0.1, 0.15) is 0 Å². The second kappa shape index (κ2) is 9.39. The van der Waals surface area contributed by atoms with E-state index in [-0.39, 0.29) is 5.91 Å². The number of rotatable bonds is 6. The van der Waals surface area contributed by atoms with Crippen molar-refractivity contribution in [2.75, 3.05) is 4.90 Å². The second-order valence-electron chi connectivity index (χ2n) is 6.74. The number of benzene rings is 4. The Kier molecular flexibility index (Phi) is 6.02. The number of carbonyl (C=O) groups excluding carboxylic acids is 1. The average molecular weight is 390 g/mol. The maximum absolute atomic E-state index is 12.7. The summed E-state index contributed by atoms with van der Waals surface area (Å²) < 4.78 is 0. The molecule has 4 aromatic carbocycles. The van der Waals surface area contributed by atoms with Gasteiger partial charge in [0, 0.05) is 23.1 Å². The van der Waals surface area contributed by atoms with Crippen LogP contribution in [-0.4, -0.2) is 5.91 Å². The summed E-state index contributed by atoms with van der Waals surface area (Å²) in [6.07, 6.45) is 1.78. The molecule has 0 radical (unpaired) electrons. The zero-order valence-electron chi connectivity index (χ0n) is 16.5. The SMILES string of the molecule is O=C(N/C=C(/c1ccccc1)N(c1ccccc1)c1ccccc1)c1ccccc1. The molecule has 0 aromatic heterocycles. The normalized spacial score (nSPS) is 11.0. The summed E-state index contributed by atoms with van der Waals surface area (Å²) in [6.45, 7) is 0. The Balaban J connectivity index is 1.80. The summed E-state index contributed by atoms with van der Waals surface area (Å²) in [7, 11) is 0. The molecule has 0 unspecified atom stereocenters. The van der Waals surface area contributed by atoms with E-state index in [4.69, 9.17) is 0 Å². The maximum Gasteiger partial charge on any atom is 0.255 e.